The van der Waals surface area contributed by atoms with Gasteiger partial charge in [-0.15, -0.1) is 0 Å². The first-order valence-electron chi connectivity index (χ1n) is 11.3. The third-order valence-electron chi connectivity index (χ3n) is 8.10. The van der Waals surface area contributed by atoms with Gasteiger partial charge in [-0.3, -0.25) is 4.79 Å². The summed E-state index contributed by atoms with van der Waals surface area (Å²) in [6.07, 6.45) is 3.57. The van der Waals surface area contributed by atoms with Crippen molar-refractivity contribution in [1.29, 1.82) is 0 Å². The summed E-state index contributed by atoms with van der Waals surface area (Å²) in [5, 5.41) is 0. The Morgan fingerprint density at radius 3 is 2.52 bits per heavy atom. The highest BCUT2D eigenvalue weighted by molar-refractivity contribution is 7.89. The first-order valence-corrected chi connectivity index (χ1v) is 12.7. The number of methoxy groups -OCH3 is 1. The van der Waals surface area contributed by atoms with E-state index >= 15 is 0 Å². The Bertz CT molecular complexity index is 940. The molecule has 31 heavy (non-hydrogen) atoms. The van der Waals surface area contributed by atoms with Crippen LogP contribution in [0.2, 0.25) is 0 Å². The van der Waals surface area contributed by atoms with Gasteiger partial charge in [0.25, 0.3) is 0 Å². The van der Waals surface area contributed by atoms with Crippen LogP contribution in [0.5, 0.6) is 5.75 Å². The maximum atomic E-state index is 13.3. The number of ether oxygens (including phenoxy) is 1. The number of piperidine rings is 1. The maximum Gasteiger partial charge on any atom is 0.243 e. The molecular weight excluding hydrogens is 414 g/mol. The standard InChI is InChI=1S/C23H35N3O4S/c1-5-25-16-20-22(9-10-23(20,17-25)21(27)24(2)3)11-13-26(14-12-22)31(28,29)19-8-6-7-18(15-19)30-4/h6-8,15,20H,5,9-14,16-17H2,1-4H3/t20-,23+/m1/s1. The van der Waals surface area contributed by atoms with Crippen LogP contribution in [-0.2, 0) is 14.8 Å². The lowest BCUT2D eigenvalue weighted by atomic mass is 9.66. The summed E-state index contributed by atoms with van der Waals surface area (Å²) in [5.41, 5.74) is -0.261. The van der Waals surface area contributed by atoms with Gasteiger partial charge < -0.3 is 14.5 Å². The molecule has 2 atom stereocenters. The molecule has 0 N–H and O–H groups in total. The van der Waals surface area contributed by atoms with Gasteiger partial charge in [0.15, 0.2) is 0 Å². The Morgan fingerprint density at radius 2 is 1.90 bits per heavy atom. The molecule has 172 valence electrons. The number of sulfonamides is 1. The van der Waals surface area contributed by atoms with Gasteiger partial charge in [0.2, 0.25) is 15.9 Å². The van der Waals surface area contributed by atoms with E-state index in [0.717, 1.165) is 45.3 Å². The zero-order chi connectivity index (χ0) is 22.4. The molecule has 3 fully saturated rings. The number of likely N-dealkylation sites (tertiary alicyclic amines) is 1. The van der Waals surface area contributed by atoms with E-state index in [2.05, 4.69) is 11.8 Å². The normalized spacial score (nSPS) is 28.6. The number of nitrogens with zero attached hydrogens (tertiary/aromatic N) is 3. The monoisotopic (exact) mass is 449 g/mol. The summed E-state index contributed by atoms with van der Waals surface area (Å²) in [6.45, 7) is 5.90. The van der Waals surface area contributed by atoms with Crippen LogP contribution in [-0.4, -0.2) is 82.4 Å². The van der Waals surface area contributed by atoms with Crippen LogP contribution in [0.25, 0.3) is 0 Å². The highest BCUT2D eigenvalue weighted by Crippen LogP contribution is 2.62. The fourth-order valence-electron chi connectivity index (χ4n) is 6.38. The van der Waals surface area contributed by atoms with Crippen molar-refractivity contribution in [3.63, 3.8) is 0 Å². The van der Waals surface area contributed by atoms with E-state index in [4.69, 9.17) is 4.74 Å². The molecule has 7 nitrogen and oxygen atoms in total. The van der Waals surface area contributed by atoms with Crippen LogP contribution >= 0.6 is 0 Å². The second kappa shape index (κ2) is 8.05. The first kappa shape index (κ1) is 22.6. The predicted molar refractivity (Wildman–Crippen MR) is 119 cm³/mol. The fourth-order valence-corrected chi connectivity index (χ4v) is 7.85. The van der Waals surface area contributed by atoms with Gasteiger partial charge in [-0.2, -0.15) is 4.31 Å². The number of benzene rings is 1. The third kappa shape index (κ3) is 3.56. The van der Waals surface area contributed by atoms with E-state index in [0.29, 0.717) is 24.8 Å². The lowest BCUT2D eigenvalue weighted by molar-refractivity contribution is -0.141. The Kier molecular flexibility index (Phi) is 5.85. The second-order valence-electron chi connectivity index (χ2n) is 9.68. The fraction of sp³-hybridized carbons (Fsp3) is 0.696. The minimum absolute atomic E-state index is 0.0516. The minimum atomic E-state index is -3.56. The van der Waals surface area contributed by atoms with Crippen molar-refractivity contribution in [2.24, 2.45) is 16.7 Å². The lowest BCUT2D eigenvalue weighted by Crippen LogP contribution is -2.49. The van der Waals surface area contributed by atoms with Crippen LogP contribution in [0.4, 0.5) is 0 Å². The smallest absolute Gasteiger partial charge is 0.243 e. The molecule has 0 radical (unpaired) electrons. The molecule has 0 aromatic heterocycles. The van der Waals surface area contributed by atoms with E-state index in [1.165, 1.54) is 0 Å². The van der Waals surface area contributed by atoms with Crippen LogP contribution in [0.15, 0.2) is 29.2 Å². The summed E-state index contributed by atoms with van der Waals surface area (Å²) in [7, 11) is 1.70. The molecule has 1 spiro atoms. The molecule has 3 aliphatic rings. The van der Waals surface area contributed by atoms with Gasteiger partial charge in [0.05, 0.1) is 17.4 Å². The molecule has 0 bridgehead atoms. The van der Waals surface area contributed by atoms with Crippen molar-refractivity contribution in [3.05, 3.63) is 24.3 Å². The third-order valence-corrected chi connectivity index (χ3v) is 9.99. The molecule has 2 heterocycles. The first-order chi connectivity index (χ1) is 14.7. The van der Waals surface area contributed by atoms with Crippen molar-refractivity contribution < 1.29 is 17.9 Å². The highest BCUT2D eigenvalue weighted by atomic mass is 32.2. The summed E-state index contributed by atoms with van der Waals surface area (Å²) < 4.78 is 33.3. The van der Waals surface area contributed by atoms with E-state index in [9.17, 15) is 13.2 Å². The Hall–Kier alpha value is -1.64. The van der Waals surface area contributed by atoms with Crippen LogP contribution in [0.3, 0.4) is 0 Å². The average Bonchev–Trinajstić information content (AvgIpc) is 3.30. The van der Waals surface area contributed by atoms with E-state index in [1.54, 1.807) is 40.6 Å². The van der Waals surface area contributed by atoms with E-state index in [1.807, 2.05) is 14.1 Å². The summed E-state index contributed by atoms with van der Waals surface area (Å²) >= 11 is 0. The van der Waals surface area contributed by atoms with E-state index in [-0.39, 0.29) is 21.6 Å². The number of fused-ring (bicyclic) bond motifs is 2. The van der Waals surface area contributed by atoms with Gasteiger partial charge in [-0.25, -0.2) is 8.42 Å². The predicted octanol–water partition coefficient (Wildman–Crippen LogP) is 2.29. The van der Waals surface area contributed by atoms with Gasteiger partial charge in [0.1, 0.15) is 5.75 Å². The van der Waals surface area contributed by atoms with E-state index < -0.39 is 10.0 Å². The number of rotatable bonds is 5. The SMILES string of the molecule is CCN1C[C@@H]2C3(CCN(S(=O)(=O)c4cccc(OC)c4)CC3)CC[C@]2(C(=O)N(C)C)C1. The van der Waals surface area contributed by atoms with Crippen molar-refractivity contribution in [2.45, 2.75) is 37.5 Å². The molecule has 1 amide bonds. The molecule has 1 aromatic carbocycles. The van der Waals surface area contributed by atoms with Crippen molar-refractivity contribution in [3.8, 4) is 5.75 Å². The average molecular weight is 450 g/mol. The zero-order valence-corrected chi connectivity index (χ0v) is 20.0. The van der Waals surface area contributed by atoms with Gasteiger partial charge >= 0.3 is 0 Å². The summed E-state index contributed by atoms with van der Waals surface area (Å²) in [6, 6.07) is 6.69. The number of hydrogen-bond donors (Lipinski definition) is 0. The van der Waals surface area contributed by atoms with Crippen molar-refractivity contribution >= 4 is 15.9 Å². The largest absolute Gasteiger partial charge is 0.497 e. The topological polar surface area (TPSA) is 70.2 Å². The highest BCUT2D eigenvalue weighted by Gasteiger charge is 2.64. The minimum Gasteiger partial charge on any atom is -0.497 e. The molecule has 4 rings (SSSR count). The molecule has 1 aliphatic carbocycles. The Morgan fingerprint density at radius 1 is 1.19 bits per heavy atom. The molecular formula is C23H35N3O4S. The Balaban J connectivity index is 1.55. The van der Waals surface area contributed by atoms with Crippen LogP contribution in [0.1, 0.15) is 32.6 Å². The number of carbonyl (C=O) groups is 1. The summed E-state index contributed by atoms with van der Waals surface area (Å²) in [4.78, 5) is 17.7. The van der Waals surface area contributed by atoms with Crippen molar-refractivity contribution in [2.75, 3.05) is 53.9 Å². The van der Waals surface area contributed by atoms with Crippen LogP contribution < -0.4 is 4.74 Å². The number of carbonyl (C=O) groups excluding carboxylic acids is 1. The molecule has 8 heteroatoms. The molecule has 2 aliphatic heterocycles. The molecule has 1 saturated carbocycles. The second-order valence-corrected chi connectivity index (χ2v) is 11.6. The zero-order valence-electron chi connectivity index (χ0n) is 19.1. The quantitative estimate of drug-likeness (QED) is 0.690. The van der Waals surface area contributed by atoms with Crippen LogP contribution in [0, 0.1) is 16.7 Å². The Labute approximate surface area is 186 Å². The molecule has 0 unspecified atom stereocenters. The lowest BCUT2D eigenvalue weighted by Gasteiger charge is -2.44. The van der Waals surface area contributed by atoms with Gasteiger partial charge in [-0.05, 0) is 55.7 Å². The number of amides is 1. The number of hydrogen-bond acceptors (Lipinski definition) is 5. The summed E-state index contributed by atoms with van der Waals surface area (Å²) in [5.74, 6) is 1.09. The van der Waals surface area contributed by atoms with Crippen molar-refractivity contribution in [1.82, 2.24) is 14.1 Å². The van der Waals surface area contributed by atoms with Gasteiger partial charge in [0, 0.05) is 46.3 Å². The molecule has 1 aromatic rings. The van der Waals surface area contributed by atoms with Gasteiger partial charge in [-0.1, -0.05) is 13.0 Å². The maximum absolute atomic E-state index is 13.3. The molecule has 2 saturated heterocycles.